The van der Waals surface area contributed by atoms with Crippen LogP contribution in [-0.4, -0.2) is 17.3 Å². The molecule has 2 nitrogen and oxygen atoms in total. The van der Waals surface area contributed by atoms with Gasteiger partial charge in [0, 0.05) is 17.1 Å². The molecule has 17 heavy (non-hydrogen) atoms. The first kappa shape index (κ1) is 12.8. The Kier molecular flexibility index (Phi) is 4.02. The predicted octanol–water partition coefficient (Wildman–Crippen LogP) is 2.87. The fourth-order valence-corrected chi connectivity index (χ4v) is 2.62. The number of halogens is 2. The summed E-state index contributed by atoms with van der Waals surface area (Å²) >= 11 is 5.96. The van der Waals surface area contributed by atoms with Crippen molar-refractivity contribution in [2.75, 3.05) is 6.61 Å². The first-order valence-corrected chi connectivity index (χ1v) is 6.33. The molecule has 1 saturated carbocycles. The lowest BCUT2D eigenvalue weighted by Gasteiger charge is -2.28. The molecule has 0 bridgehead atoms. The zero-order valence-electron chi connectivity index (χ0n) is 9.68. The molecule has 2 N–H and O–H groups in total. The zero-order valence-corrected chi connectivity index (χ0v) is 10.4. The maximum atomic E-state index is 12.9. The van der Waals surface area contributed by atoms with Gasteiger partial charge in [0.1, 0.15) is 5.82 Å². The molecular weight excluding hydrogens is 241 g/mol. The second kappa shape index (κ2) is 5.34. The largest absolute Gasteiger partial charge is 0.394 e. The Balaban J connectivity index is 2.01. The van der Waals surface area contributed by atoms with Crippen LogP contribution in [-0.2, 0) is 6.54 Å². The fourth-order valence-electron chi connectivity index (χ4n) is 2.39. The summed E-state index contributed by atoms with van der Waals surface area (Å²) in [5, 5.41) is 13.3. The summed E-state index contributed by atoms with van der Waals surface area (Å²) in [6.07, 6.45) is 4.26. The smallest absolute Gasteiger partial charge is 0.124 e. The molecule has 1 aliphatic rings. The van der Waals surface area contributed by atoms with Gasteiger partial charge in [-0.2, -0.15) is 0 Å². The minimum absolute atomic E-state index is 0.145. The Bertz CT molecular complexity index is 391. The van der Waals surface area contributed by atoms with Crippen molar-refractivity contribution < 1.29 is 9.50 Å². The molecule has 0 aliphatic heterocycles. The topological polar surface area (TPSA) is 32.3 Å². The molecule has 1 fully saturated rings. The molecule has 0 aromatic heterocycles. The molecule has 0 spiro atoms. The summed E-state index contributed by atoms with van der Waals surface area (Å²) < 4.78 is 12.9. The van der Waals surface area contributed by atoms with Crippen molar-refractivity contribution in [2.45, 2.75) is 37.8 Å². The summed E-state index contributed by atoms with van der Waals surface area (Å²) in [7, 11) is 0. The number of hydrogen-bond donors (Lipinski definition) is 2. The summed E-state index contributed by atoms with van der Waals surface area (Å²) in [6.45, 7) is 0.714. The van der Waals surface area contributed by atoms with Crippen LogP contribution in [0.5, 0.6) is 0 Å². The van der Waals surface area contributed by atoms with Crippen LogP contribution in [0, 0.1) is 5.82 Å². The predicted molar refractivity (Wildman–Crippen MR) is 66.5 cm³/mol. The molecule has 0 radical (unpaired) electrons. The lowest BCUT2D eigenvalue weighted by atomic mass is 9.98. The van der Waals surface area contributed by atoms with E-state index in [2.05, 4.69) is 5.32 Å². The van der Waals surface area contributed by atoms with Gasteiger partial charge in [-0.15, -0.1) is 0 Å². The zero-order chi connectivity index (χ0) is 12.3. The number of benzene rings is 1. The van der Waals surface area contributed by atoms with E-state index in [9.17, 15) is 9.50 Å². The third-order valence-corrected chi connectivity index (χ3v) is 3.88. The Morgan fingerprint density at radius 3 is 2.65 bits per heavy atom. The standard InChI is InChI=1S/C13H17ClFNO/c14-12-7-11(15)4-3-10(12)8-16-13(9-17)5-1-2-6-13/h3-4,7,16-17H,1-2,5-6,8-9H2. The van der Waals surface area contributed by atoms with Gasteiger partial charge >= 0.3 is 0 Å². The lowest BCUT2D eigenvalue weighted by molar-refractivity contribution is 0.163. The van der Waals surface area contributed by atoms with E-state index in [1.165, 1.54) is 12.1 Å². The summed E-state index contributed by atoms with van der Waals surface area (Å²) in [5.41, 5.74) is 0.699. The molecule has 94 valence electrons. The van der Waals surface area contributed by atoms with E-state index in [1.807, 2.05) is 0 Å². The SMILES string of the molecule is OCC1(NCc2ccc(F)cc2Cl)CCCC1. The highest BCUT2D eigenvalue weighted by Crippen LogP contribution is 2.30. The minimum Gasteiger partial charge on any atom is -0.394 e. The van der Waals surface area contributed by atoms with Crippen molar-refractivity contribution in [3.63, 3.8) is 0 Å². The van der Waals surface area contributed by atoms with Crippen LogP contribution < -0.4 is 5.32 Å². The first-order valence-electron chi connectivity index (χ1n) is 5.95. The number of aliphatic hydroxyl groups is 1. The molecule has 1 aliphatic carbocycles. The van der Waals surface area contributed by atoms with Crippen LogP contribution >= 0.6 is 11.6 Å². The van der Waals surface area contributed by atoms with E-state index in [1.54, 1.807) is 6.07 Å². The van der Waals surface area contributed by atoms with Crippen molar-refractivity contribution in [1.82, 2.24) is 5.32 Å². The monoisotopic (exact) mass is 257 g/mol. The van der Waals surface area contributed by atoms with Crippen LogP contribution in [0.4, 0.5) is 4.39 Å². The van der Waals surface area contributed by atoms with Crippen molar-refractivity contribution in [1.29, 1.82) is 0 Å². The Labute approximate surface area is 106 Å². The van der Waals surface area contributed by atoms with E-state index in [0.717, 1.165) is 31.2 Å². The average molecular weight is 258 g/mol. The third kappa shape index (κ3) is 2.97. The Morgan fingerprint density at radius 1 is 1.35 bits per heavy atom. The number of nitrogens with one attached hydrogen (secondary N) is 1. The van der Waals surface area contributed by atoms with Gasteiger partial charge in [-0.25, -0.2) is 4.39 Å². The van der Waals surface area contributed by atoms with E-state index in [4.69, 9.17) is 11.6 Å². The third-order valence-electron chi connectivity index (χ3n) is 3.53. The molecule has 0 amide bonds. The summed E-state index contributed by atoms with van der Waals surface area (Å²) in [5.74, 6) is -0.323. The van der Waals surface area contributed by atoms with Gasteiger partial charge in [0.15, 0.2) is 0 Å². The Morgan fingerprint density at radius 2 is 2.06 bits per heavy atom. The second-order valence-corrected chi connectivity index (χ2v) is 5.14. The van der Waals surface area contributed by atoms with E-state index in [-0.39, 0.29) is 18.0 Å². The van der Waals surface area contributed by atoms with Crippen LogP contribution in [0.1, 0.15) is 31.2 Å². The van der Waals surface area contributed by atoms with Gasteiger partial charge in [0.25, 0.3) is 0 Å². The molecule has 0 unspecified atom stereocenters. The van der Waals surface area contributed by atoms with E-state index in [0.29, 0.717) is 11.6 Å². The maximum Gasteiger partial charge on any atom is 0.124 e. The molecule has 0 atom stereocenters. The van der Waals surface area contributed by atoms with Crippen molar-refractivity contribution in [3.05, 3.63) is 34.6 Å². The maximum absolute atomic E-state index is 12.9. The van der Waals surface area contributed by atoms with Gasteiger partial charge in [-0.05, 0) is 30.5 Å². The number of aliphatic hydroxyl groups excluding tert-OH is 1. The molecular formula is C13H17ClFNO. The lowest BCUT2D eigenvalue weighted by Crippen LogP contribution is -2.45. The fraction of sp³-hybridized carbons (Fsp3) is 0.538. The average Bonchev–Trinajstić information content (AvgIpc) is 2.77. The summed E-state index contributed by atoms with van der Waals surface area (Å²) in [6, 6.07) is 4.41. The highest BCUT2D eigenvalue weighted by molar-refractivity contribution is 6.31. The highest BCUT2D eigenvalue weighted by Gasteiger charge is 2.32. The molecule has 2 rings (SSSR count). The molecule has 1 aromatic carbocycles. The Hall–Kier alpha value is -0.640. The first-order chi connectivity index (χ1) is 8.15. The van der Waals surface area contributed by atoms with Gasteiger partial charge in [-0.1, -0.05) is 30.5 Å². The van der Waals surface area contributed by atoms with Crippen molar-refractivity contribution in [2.24, 2.45) is 0 Å². The highest BCUT2D eigenvalue weighted by atomic mass is 35.5. The van der Waals surface area contributed by atoms with Crippen LogP contribution in [0.2, 0.25) is 5.02 Å². The minimum atomic E-state index is -0.323. The van der Waals surface area contributed by atoms with Crippen LogP contribution in [0.25, 0.3) is 0 Å². The summed E-state index contributed by atoms with van der Waals surface area (Å²) in [4.78, 5) is 0. The molecule has 0 heterocycles. The van der Waals surface area contributed by atoms with Crippen LogP contribution in [0.15, 0.2) is 18.2 Å². The van der Waals surface area contributed by atoms with Crippen molar-refractivity contribution in [3.8, 4) is 0 Å². The molecule has 1 aromatic rings. The van der Waals surface area contributed by atoms with E-state index < -0.39 is 0 Å². The van der Waals surface area contributed by atoms with Gasteiger partial charge in [0.2, 0.25) is 0 Å². The normalized spacial score (nSPS) is 18.5. The van der Waals surface area contributed by atoms with Gasteiger partial charge in [0.05, 0.1) is 6.61 Å². The number of hydrogen-bond acceptors (Lipinski definition) is 2. The van der Waals surface area contributed by atoms with Gasteiger partial charge in [-0.3, -0.25) is 0 Å². The van der Waals surface area contributed by atoms with Crippen LogP contribution in [0.3, 0.4) is 0 Å². The second-order valence-electron chi connectivity index (χ2n) is 4.73. The molecule has 4 heteroatoms. The molecule has 0 saturated heterocycles. The number of rotatable bonds is 4. The van der Waals surface area contributed by atoms with Gasteiger partial charge < -0.3 is 10.4 Å². The quantitative estimate of drug-likeness (QED) is 0.869. The van der Waals surface area contributed by atoms with Crippen molar-refractivity contribution >= 4 is 11.6 Å². The van der Waals surface area contributed by atoms with E-state index >= 15 is 0 Å².